The van der Waals surface area contributed by atoms with Gasteiger partial charge in [-0.05, 0) is 31.0 Å². The van der Waals surface area contributed by atoms with Crippen LogP contribution in [0.2, 0.25) is 0 Å². The molecule has 1 aromatic rings. The maximum atomic E-state index is 13.4. The van der Waals surface area contributed by atoms with Crippen LogP contribution in [-0.4, -0.2) is 36.7 Å². The van der Waals surface area contributed by atoms with Gasteiger partial charge in [-0.3, -0.25) is 4.90 Å². The molecule has 1 aliphatic rings. The van der Waals surface area contributed by atoms with E-state index in [-0.39, 0.29) is 5.54 Å². The molecule has 1 saturated heterocycles. The van der Waals surface area contributed by atoms with Crippen LogP contribution in [0.25, 0.3) is 0 Å². The van der Waals surface area contributed by atoms with E-state index < -0.39 is 17.7 Å². The summed E-state index contributed by atoms with van der Waals surface area (Å²) in [6.07, 6.45) is 0.798. The third kappa shape index (κ3) is 3.00. The second-order valence-electron chi connectivity index (χ2n) is 5.49. The number of ether oxygens (including phenoxy) is 1. The van der Waals surface area contributed by atoms with Crippen LogP contribution in [0.4, 0.5) is 8.78 Å². The third-order valence-electron chi connectivity index (χ3n) is 4.36. The van der Waals surface area contributed by atoms with Gasteiger partial charge in [0.1, 0.15) is 11.6 Å². The summed E-state index contributed by atoms with van der Waals surface area (Å²) in [5, 5.41) is 0. The Bertz CT molecular complexity index is 443. The van der Waals surface area contributed by atoms with E-state index in [2.05, 4.69) is 4.90 Å². The van der Waals surface area contributed by atoms with E-state index in [0.29, 0.717) is 18.8 Å². The fourth-order valence-corrected chi connectivity index (χ4v) is 2.83. The van der Waals surface area contributed by atoms with Crippen LogP contribution in [-0.2, 0) is 4.74 Å². The van der Waals surface area contributed by atoms with Gasteiger partial charge in [-0.2, -0.15) is 0 Å². The summed E-state index contributed by atoms with van der Waals surface area (Å²) < 4.78 is 32.1. The molecule has 0 saturated carbocycles. The Hall–Kier alpha value is -1.04. The molecule has 0 bridgehead atoms. The summed E-state index contributed by atoms with van der Waals surface area (Å²) in [7, 11) is 0. The highest BCUT2D eigenvalue weighted by Crippen LogP contribution is 2.33. The van der Waals surface area contributed by atoms with E-state index in [1.54, 1.807) is 0 Å². The number of nitrogens with zero attached hydrogens (tertiary/aromatic N) is 1. The Balaban J connectivity index is 2.29. The molecule has 0 amide bonds. The first-order chi connectivity index (χ1) is 9.47. The van der Waals surface area contributed by atoms with Gasteiger partial charge in [0.15, 0.2) is 0 Å². The predicted octanol–water partition coefficient (Wildman–Crippen LogP) is 2.47. The van der Waals surface area contributed by atoms with Gasteiger partial charge in [-0.1, -0.05) is 6.92 Å². The lowest BCUT2D eigenvalue weighted by atomic mass is 9.83. The standard InChI is InChI=1S/C15H22F2N2O/c1-3-15(2,19-4-6-20-7-5-19)14(18)11-8-12(16)10-13(17)9-11/h8-10,14H,3-7,18H2,1-2H3. The highest BCUT2D eigenvalue weighted by Gasteiger charge is 2.38. The van der Waals surface area contributed by atoms with Crippen molar-refractivity contribution in [1.82, 2.24) is 4.90 Å². The average molecular weight is 284 g/mol. The normalized spacial score (nSPS) is 21.4. The Morgan fingerprint density at radius 1 is 1.25 bits per heavy atom. The van der Waals surface area contributed by atoms with Crippen LogP contribution in [0.5, 0.6) is 0 Å². The highest BCUT2D eigenvalue weighted by molar-refractivity contribution is 5.24. The molecule has 2 rings (SSSR count). The Kier molecular flexibility index (Phi) is 4.73. The zero-order valence-corrected chi connectivity index (χ0v) is 12.0. The fraction of sp³-hybridized carbons (Fsp3) is 0.600. The van der Waals surface area contributed by atoms with Gasteiger partial charge >= 0.3 is 0 Å². The van der Waals surface area contributed by atoms with E-state index in [1.807, 2.05) is 13.8 Å². The average Bonchev–Trinajstić information content (AvgIpc) is 2.45. The van der Waals surface area contributed by atoms with E-state index in [0.717, 1.165) is 25.6 Å². The lowest BCUT2D eigenvalue weighted by molar-refractivity contribution is -0.0278. The minimum atomic E-state index is -0.587. The molecule has 2 N–H and O–H groups in total. The zero-order valence-electron chi connectivity index (χ0n) is 12.0. The minimum absolute atomic E-state index is 0.343. The maximum Gasteiger partial charge on any atom is 0.126 e. The molecular weight excluding hydrogens is 262 g/mol. The molecule has 1 heterocycles. The third-order valence-corrected chi connectivity index (χ3v) is 4.36. The number of benzene rings is 1. The van der Waals surface area contributed by atoms with Gasteiger partial charge in [0.2, 0.25) is 0 Å². The van der Waals surface area contributed by atoms with Crippen LogP contribution in [0, 0.1) is 11.6 Å². The predicted molar refractivity (Wildman–Crippen MR) is 74.4 cm³/mol. The van der Waals surface area contributed by atoms with E-state index in [1.165, 1.54) is 12.1 Å². The quantitative estimate of drug-likeness (QED) is 0.923. The molecule has 0 aliphatic carbocycles. The topological polar surface area (TPSA) is 38.5 Å². The van der Waals surface area contributed by atoms with Crippen LogP contribution >= 0.6 is 0 Å². The van der Waals surface area contributed by atoms with Crippen LogP contribution in [0.15, 0.2) is 18.2 Å². The molecular formula is C15H22F2N2O. The van der Waals surface area contributed by atoms with Gasteiger partial charge in [0.25, 0.3) is 0 Å². The molecule has 112 valence electrons. The second kappa shape index (κ2) is 6.16. The largest absolute Gasteiger partial charge is 0.379 e. The zero-order chi connectivity index (χ0) is 14.8. The van der Waals surface area contributed by atoms with Gasteiger partial charge in [-0.15, -0.1) is 0 Å². The first kappa shape index (κ1) is 15.4. The molecule has 1 aliphatic heterocycles. The van der Waals surface area contributed by atoms with Gasteiger partial charge in [0, 0.05) is 30.7 Å². The Morgan fingerprint density at radius 3 is 2.30 bits per heavy atom. The fourth-order valence-electron chi connectivity index (χ4n) is 2.83. The molecule has 2 unspecified atom stereocenters. The molecule has 3 nitrogen and oxygen atoms in total. The van der Waals surface area contributed by atoms with E-state index >= 15 is 0 Å². The molecule has 0 radical (unpaired) electrons. The molecule has 1 aromatic carbocycles. The van der Waals surface area contributed by atoms with Gasteiger partial charge in [-0.25, -0.2) is 8.78 Å². The maximum absolute atomic E-state index is 13.4. The monoisotopic (exact) mass is 284 g/mol. The van der Waals surface area contributed by atoms with Crippen molar-refractivity contribution in [2.24, 2.45) is 5.73 Å². The number of rotatable bonds is 4. The van der Waals surface area contributed by atoms with Gasteiger partial charge in [0.05, 0.1) is 13.2 Å². The van der Waals surface area contributed by atoms with Crippen molar-refractivity contribution in [2.45, 2.75) is 31.8 Å². The molecule has 0 aromatic heterocycles. The van der Waals surface area contributed by atoms with Crippen molar-refractivity contribution in [1.29, 1.82) is 0 Å². The summed E-state index contributed by atoms with van der Waals surface area (Å²) in [4.78, 5) is 2.25. The molecule has 1 fully saturated rings. The van der Waals surface area contributed by atoms with Crippen molar-refractivity contribution in [2.75, 3.05) is 26.3 Å². The smallest absolute Gasteiger partial charge is 0.126 e. The highest BCUT2D eigenvalue weighted by atomic mass is 19.1. The lowest BCUT2D eigenvalue weighted by Gasteiger charge is -2.46. The summed E-state index contributed by atoms with van der Waals surface area (Å²) in [5.41, 5.74) is 6.49. The molecule has 5 heteroatoms. The molecule has 20 heavy (non-hydrogen) atoms. The van der Waals surface area contributed by atoms with Crippen molar-refractivity contribution in [3.8, 4) is 0 Å². The van der Waals surface area contributed by atoms with Crippen molar-refractivity contribution in [3.05, 3.63) is 35.4 Å². The van der Waals surface area contributed by atoms with Crippen molar-refractivity contribution < 1.29 is 13.5 Å². The van der Waals surface area contributed by atoms with Crippen molar-refractivity contribution >= 4 is 0 Å². The summed E-state index contributed by atoms with van der Waals surface area (Å²) in [6.45, 7) is 7.00. The van der Waals surface area contributed by atoms with Crippen LogP contribution < -0.4 is 5.73 Å². The van der Waals surface area contributed by atoms with E-state index in [9.17, 15) is 8.78 Å². The summed E-state index contributed by atoms with van der Waals surface area (Å²) in [5.74, 6) is -1.17. The second-order valence-corrected chi connectivity index (χ2v) is 5.49. The summed E-state index contributed by atoms with van der Waals surface area (Å²) in [6, 6.07) is 3.06. The number of morpholine rings is 1. The molecule has 0 spiro atoms. The summed E-state index contributed by atoms with van der Waals surface area (Å²) >= 11 is 0. The lowest BCUT2D eigenvalue weighted by Crippen LogP contribution is -2.56. The Labute approximate surface area is 118 Å². The van der Waals surface area contributed by atoms with Crippen molar-refractivity contribution in [3.63, 3.8) is 0 Å². The van der Waals surface area contributed by atoms with E-state index in [4.69, 9.17) is 10.5 Å². The van der Waals surface area contributed by atoms with Crippen LogP contribution in [0.1, 0.15) is 31.9 Å². The SMILES string of the molecule is CCC(C)(C(N)c1cc(F)cc(F)c1)N1CCOCC1. The number of halogens is 2. The first-order valence-electron chi connectivity index (χ1n) is 7.01. The molecule has 2 atom stereocenters. The minimum Gasteiger partial charge on any atom is -0.379 e. The number of nitrogens with two attached hydrogens (primary N) is 1. The Morgan fingerprint density at radius 2 is 1.80 bits per heavy atom. The first-order valence-corrected chi connectivity index (χ1v) is 7.01. The van der Waals surface area contributed by atoms with Crippen LogP contribution in [0.3, 0.4) is 0 Å². The van der Waals surface area contributed by atoms with Gasteiger partial charge < -0.3 is 10.5 Å². The number of hydrogen-bond acceptors (Lipinski definition) is 3. The number of hydrogen-bond donors (Lipinski definition) is 1.